The van der Waals surface area contributed by atoms with Crippen molar-refractivity contribution in [3.05, 3.63) is 65.5 Å². The van der Waals surface area contributed by atoms with Crippen LogP contribution in [0.1, 0.15) is 31.2 Å². The minimum absolute atomic E-state index is 0.154. The molecule has 2 aliphatic rings. The van der Waals surface area contributed by atoms with Crippen molar-refractivity contribution in [2.45, 2.75) is 43.6 Å². The van der Waals surface area contributed by atoms with Gasteiger partial charge in [0.25, 0.3) is 0 Å². The van der Waals surface area contributed by atoms with E-state index in [-0.39, 0.29) is 17.8 Å². The maximum Gasteiger partial charge on any atom is 0.410 e. The first kappa shape index (κ1) is 24.3. The topological polar surface area (TPSA) is 118 Å². The summed E-state index contributed by atoms with van der Waals surface area (Å²) >= 11 is 1.29. The Morgan fingerprint density at radius 2 is 1.81 bits per heavy atom. The number of amides is 2. The van der Waals surface area contributed by atoms with Gasteiger partial charge in [0.05, 0.1) is 10.9 Å². The SMILES string of the molecule is O=C(Nc1nc(-c2ccc(NS(=O)(=O)C3CC3)cc2)cs1)[C@@H]1CCCN1C(=O)OCc1ccccc1. The molecule has 2 amide bonds. The third-order valence-corrected chi connectivity index (χ3v) is 8.76. The van der Waals surface area contributed by atoms with Crippen LogP contribution in [-0.2, 0) is 26.2 Å². The van der Waals surface area contributed by atoms with Crippen molar-refractivity contribution in [3.8, 4) is 11.3 Å². The second-order valence-electron chi connectivity index (χ2n) is 8.84. The predicted octanol–water partition coefficient (Wildman–Crippen LogP) is 4.45. The van der Waals surface area contributed by atoms with Gasteiger partial charge in [0.2, 0.25) is 15.9 Å². The standard InChI is InChI=1S/C25H26N4O5S2/c30-23(22-7-4-14-29(22)25(31)34-15-17-5-2-1-3-6-17)27-24-26-21(16-35-24)18-8-10-19(11-9-18)28-36(32,33)20-12-13-20/h1-3,5-6,8-11,16,20,22,28H,4,7,12-15H2,(H,26,27,30)/t22-/m0/s1. The van der Waals surface area contributed by atoms with Gasteiger partial charge in [-0.05, 0) is 43.4 Å². The number of aromatic nitrogens is 1. The van der Waals surface area contributed by atoms with Gasteiger partial charge in [-0.2, -0.15) is 0 Å². The molecule has 0 spiro atoms. The van der Waals surface area contributed by atoms with Gasteiger partial charge in [0, 0.05) is 23.2 Å². The van der Waals surface area contributed by atoms with E-state index in [1.165, 1.54) is 16.2 Å². The number of anilines is 2. The first-order valence-corrected chi connectivity index (χ1v) is 14.2. The molecule has 1 saturated carbocycles. The van der Waals surface area contributed by atoms with Crippen LogP contribution in [0.3, 0.4) is 0 Å². The van der Waals surface area contributed by atoms with Crippen LogP contribution in [0.2, 0.25) is 0 Å². The maximum absolute atomic E-state index is 12.9. The maximum atomic E-state index is 12.9. The molecule has 9 nitrogen and oxygen atoms in total. The van der Waals surface area contributed by atoms with E-state index in [4.69, 9.17) is 4.74 Å². The number of nitrogens with zero attached hydrogens (tertiary/aromatic N) is 2. The number of benzene rings is 2. The molecule has 0 unspecified atom stereocenters. The zero-order valence-corrected chi connectivity index (χ0v) is 21.1. The van der Waals surface area contributed by atoms with Gasteiger partial charge in [-0.25, -0.2) is 18.2 Å². The van der Waals surface area contributed by atoms with Gasteiger partial charge in [-0.1, -0.05) is 42.5 Å². The average Bonchev–Trinajstić information content (AvgIpc) is 3.46. The van der Waals surface area contributed by atoms with Gasteiger partial charge >= 0.3 is 6.09 Å². The van der Waals surface area contributed by atoms with Crippen LogP contribution >= 0.6 is 11.3 Å². The van der Waals surface area contributed by atoms with Crippen LogP contribution in [0, 0.1) is 0 Å². The summed E-state index contributed by atoms with van der Waals surface area (Å²) in [5, 5.41) is 4.78. The molecule has 1 aliphatic heterocycles. The summed E-state index contributed by atoms with van der Waals surface area (Å²) < 4.78 is 32.2. The fourth-order valence-corrected chi connectivity index (χ4v) is 6.16. The smallest absolute Gasteiger partial charge is 0.410 e. The van der Waals surface area contributed by atoms with Gasteiger partial charge in [0.1, 0.15) is 12.6 Å². The van der Waals surface area contributed by atoms with Crippen LogP contribution in [0.4, 0.5) is 15.6 Å². The molecule has 5 rings (SSSR count). The lowest BCUT2D eigenvalue weighted by atomic mass is 10.1. The van der Waals surface area contributed by atoms with Crippen molar-refractivity contribution in [3.63, 3.8) is 0 Å². The number of carbonyl (C=O) groups is 2. The van der Waals surface area contributed by atoms with Crippen LogP contribution in [0.25, 0.3) is 11.3 Å². The number of nitrogens with one attached hydrogen (secondary N) is 2. The Morgan fingerprint density at radius 1 is 1.06 bits per heavy atom. The molecule has 2 aromatic carbocycles. The molecule has 1 aliphatic carbocycles. The van der Waals surface area contributed by atoms with E-state index < -0.39 is 22.2 Å². The van der Waals surface area contributed by atoms with E-state index in [1.807, 2.05) is 35.7 Å². The minimum Gasteiger partial charge on any atom is -0.445 e. The number of likely N-dealkylation sites (tertiary alicyclic amines) is 1. The Hall–Kier alpha value is -3.44. The number of sulfonamides is 1. The second kappa shape index (κ2) is 10.3. The van der Waals surface area contributed by atoms with Gasteiger partial charge in [-0.3, -0.25) is 14.4 Å². The molecule has 2 fully saturated rings. The molecule has 1 atom stereocenters. The van der Waals surface area contributed by atoms with Crippen molar-refractivity contribution in [1.29, 1.82) is 0 Å². The Morgan fingerprint density at radius 3 is 2.53 bits per heavy atom. The second-order valence-corrected chi connectivity index (χ2v) is 11.7. The summed E-state index contributed by atoms with van der Waals surface area (Å²) in [6.45, 7) is 0.618. The van der Waals surface area contributed by atoms with Gasteiger partial charge < -0.3 is 10.1 Å². The highest BCUT2D eigenvalue weighted by Crippen LogP contribution is 2.31. The van der Waals surface area contributed by atoms with Gasteiger partial charge in [-0.15, -0.1) is 11.3 Å². The number of carbonyl (C=O) groups excluding carboxylic acids is 2. The largest absolute Gasteiger partial charge is 0.445 e. The van der Waals surface area contributed by atoms with Crippen molar-refractivity contribution >= 4 is 44.2 Å². The summed E-state index contributed by atoms with van der Waals surface area (Å²) in [6, 6.07) is 15.8. The molecule has 2 N–H and O–H groups in total. The fraction of sp³-hybridized carbons (Fsp3) is 0.320. The van der Waals surface area contributed by atoms with E-state index in [2.05, 4.69) is 15.0 Å². The molecule has 3 aromatic rings. The average molecular weight is 527 g/mol. The molecule has 1 aromatic heterocycles. The van der Waals surface area contributed by atoms with E-state index in [0.717, 1.165) is 17.5 Å². The number of hydrogen-bond donors (Lipinski definition) is 2. The van der Waals surface area contributed by atoms with Crippen LogP contribution in [0.5, 0.6) is 0 Å². The zero-order chi connectivity index (χ0) is 25.1. The Kier molecular flexibility index (Phi) is 6.92. The van der Waals surface area contributed by atoms with E-state index in [9.17, 15) is 18.0 Å². The van der Waals surface area contributed by atoms with Crippen molar-refractivity contribution in [1.82, 2.24) is 9.88 Å². The lowest BCUT2D eigenvalue weighted by molar-refractivity contribution is -0.120. The Balaban J connectivity index is 1.17. The first-order chi connectivity index (χ1) is 17.4. The molecule has 0 radical (unpaired) electrons. The zero-order valence-electron chi connectivity index (χ0n) is 19.4. The van der Waals surface area contributed by atoms with Crippen LogP contribution in [0.15, 0.2) is 60.0 Å². The molecule has 11 heteroatoms. The highest BCUT2D eigenvalue weighted by Gasteiger charge is 2.36. The summed E-state index contributed by atoms with van der Waals surface area (Å²) in [4.78, 5) is 31.5. The summed E-state index contributed by atoms with van der Waals surface area (Å²) in [7, 11) is -3.31. The minimum atomic E-state index is -3.31. The third-order valence-electron chi connectivity index (χ3n) is 6.13. The van der Waals surface area contributed by atoms with Crippen LogP contribution in [-0.4, -0.2) is 48.1 Å². The summed E-state index contributed by atoms with van der Waals surface area (Å²) in [5.41, 5.74) is 2.86. The monoisotopic (exact) mass is 526 g/mol. The fourth-order valence-electron chi connectivity index (χ4n) is 4.05. The van der Waals surface area contributed by atoms with Crippen molar-refractivity contribution < 1.29 is 22.7 Å². The Bertz CT molecular complexity index is 1340. The first-order valence-electron chi connectivity index (χ1n) is 11.7. The van der Waals surface area contributed by atoms with E-state index >= 15 is 0 Å². The Labute approximate surface area is 213 Å². The predicted molar refractivity (Wildman–Crippen MR) is 138 cm³/mol. The van der Waals surface area contributed by atoms with Gasteiger partial charge in [0.15, 0.2) is 5.13 Å². The molecule has 0 bridgehead atoms. The number of ether oxygens (including phenoxy) is 1. The lowest BCUT2D eigenvalue weighted by Crippen LogP contribution is -2.43. The molecule has 1 saturated heterocycles. The number of rotatable bonds is 8. The third kappa shape index (κ3) is 5.68. The van der Waals surface area contributed by atoms with E-state index in [0.29, 0.717) is 42.3 Å². The quantitative estimate of drug-likeness (QED) is 0.448. The molecule has 2 heterocycles. The number of hydrogen-bond acceptors (Lipinski definition) is 7. The highest BCUT2D eigenvalue weighted by molar-refractivity contribution is 7.93. The molecular weight excluding hydrogens is 500 g/mol. The molecular formula is C25H26N4O5S2. The van der Waals surface area contributed by atoms with Crippen molar-refractivity contribution in [2.24, 2.45) is 0 Å². The number of thiazole rings is 1. The van der Waals surface area contributed by atoms with Crippen LogP contribution < -0.4 is 10.0 Å². The highest BCUT2D eigenvalue weighted by atomic mass is 32.2. The van der Waals surface area contributed by atoms with E-state index in [1.54, 1.807) is 24.3 Å². The summed E-state index contributed by atoms with van der Waals surface area (Å²) in [5.74, 6) is -0.296. The lowest BCUT2D eigenvalue weighted by Gasteiger charge is -2.22. The normalized spacial score (nSPS) is 17.6. The summed E-state index contributed by atoms with van der Waals surface area (Å²) in [6.07, 6.45) is 2.18. The molecule has 36 heavy (non-hydrogen) atoms. The van der Waals surface area contributed by atoms with Crippen molar-refractivity contribution in [2.75, 3.05) is 16.6 Å². The molecule has 188 valence electrons.